The van der Waals surface area contributed by atoms with Gasteiger partial charge in [0.15, 0.2) is 0 Å². The van der Waals surface area contributed by atoms with Crippen molar-refractivity contribution in [2.45, 2.75) is 13.0 Å². The molecule has 4 rings (SSSR count). The van der Waals surface area contributed by atoms with Gasteiger partial charge >= 0.3 is 0 Å². The third kappa shape index (κ3) is 7.63. The Bertz CT molecular complexity index is 978. The molecule has 1 fully saturated rings. The summed E-state index contributed by atoms with van der Waals surface area (Å²) in [6.07, 6.45) is 0.799. The Balaban J connectivity index is 0.00000193. The van der Waals surface area contributed by atoms with E-state index in [1.807, 2.05) is 0 Å². The number of ether oxygens (including phenoxy) is 1. The Kier molecular flexibility index (Phi) is 10.5. The fraction of sp³-hybridized carbons (Fsp3) is 0.280. The minimum atomic E-state index is -0.408. The summed E-state index contributed by atoms with van der Waals surface area (Å²) >= 11 is 0. The third-order valence-corrected chi connectivity index (χ3v) is 5.63. The van der Waals surface area contributed by atoms with Crippen LogP contribution in [0.2, 0.25) is 0 Å². The van der Waals surface area contributed by atoms with E-state index < -0.39 is 4.92 Å². The molecule has 0 atom stereocenters. The summed E-state index contributed by atoms with van der Waals surface area (Å²) in [5.41, 5.74) is 3.93. The molecule has 0 bridgehead atoms. The lowest BCUT2D eigenvalue weighted by atomic mass is 10.1. The summed E-state index contributed by atoms with van der Waals surface area (Å²) in [6, 6.07) is 25.5. The Labute approximate surface area is 207 Å². The first-order valence-electron chi connectivity index (χ1n) is 10.6. The number of piperazine rings is 1. The summed E-state index contributed by atoms with van der Waals surface area (Å²) in [5, 5.41) is 10.7. The zero-order valence-corrected chi connectivity index (χ0v) is 20.0. The van der Waals surface area contributed by atoms with Crippen LogP contribution in [0.5, 0.6) is 5.75 Å². The number of halogens is 2. The number of non-ortho nitro benzene ring substituents is 1. The van der Waals surface area contributed by atoms with E-state index in [9.17, 15) is 10.1 Å². The van der Waals surface area contributed by atoms with Crippen LogP contribution < -0.4 is 9.64 Å². The molecular weight excluding hydrogens is 461 g/mol. The highest BCUT2D eigenvalue weighted by Gasteiger charge is 2.17. The second kappa shape index (κ2) is 13.0. The van der Waals surface area contributed by atoms with E-state index in [0.717, 1.165) is 39.1 Å². The average Bonchev–Trinajstić information content (AvgIpc) is 2.82. The summed E-state index contributed by atoms with van der Waals surface area (Å²) < 4.78 is 5.71. The van der Waals surface area contributed by atoms with Gasteiger partial charge in [0.2, 0.25) is 0 Å². The van der Waals surface area contributed by atoms with Crippen molar-refractivity contribution in [3.8, 4) is 5.75 Å². The van der Waals surface area contributed by atoms with Crippen LogP contribution in [0.4, 0.5) is 11.4 Å². The zero-order chi connectivity index (χ0) is 21.5. The van der Waals surface area contributed by atoms with E-state index in [-0.39, 0.29) is 30.5 Å². The van der Waals surface area contributed by atoms with Gasteiger partial charge in [-0.3, -0.25) is 15.0 Å². The monoisotopic (exact) mass is 489 g/mol. The lowest BCUT2D eigenvalue weighted by Gasteiger charge is -2.36. The summed E-state index contributed by atoms with van der Waals surface area (Å²) in [4.78, 5) is 15.2. The molecule has 1 heterocycles. The second-order valence-electron chi connectivity index (χ2n) is 7.76. The molecule has 3 aromatic carbocycles. The highest BCUT2D eigenvalue weighted by Crippen LogP contribution is 2.19. The molecule has 33 heavy (non-hydrogen) atoms. The first kappa shape index (κ1) is 26.5. The van der Waals surface area contributed by atoms with Gasteiger partial charge in [-0.05, 0) is 35.4 Å². The largest absolute Gasteiger partial charge is 0.493 e. The smallest absolute Gasteiger partial charge is 0.269 e. The molecule has 0 unspecified atom stereocenters. The molecule has 1 aliphatic rings. The molecule has 0 N–H and O–H groups in total. The highest BCUT2D eigenvalue weighted by molar-refractivity contribution is 5.85. The third-order valence-electron chi connectivity index (χ3n) is 5.63. The Morgan fingerprint density at radius 1 is 0.788 bits per heavy atom. The molecule has 0 amide bonds. The van der Waals surface area contributed by atoms with Crippen LogP contribution in [0, 0.1) is 10.1 Å². The number of anilines is 1. The predicted octanol–water partition coefficient (Wildman–Crippen LogP) is 5.38. The van der Waals surface area contributed by atoms with Gasteiger partial charge in [-0.1, -0.05) is 42.5 Å². The first-order chi connectivity index (χ1) is 15.2. The normalized spacial score (nSPS) is 13.5. The zero-order valence-electron chi connectivity index (χ0n) is 18.3. The number of nitro benzene ring substituents is 1. The highest BCUT2D eigenvalue weighted by atomic mass is 35.5. The van der Waals surface area contributed by atoms with Gasteiger partial charge in [-0.25, -0.2) is 0 Å². The maximum absolute atomic E-state index is 10.7. The van der Waals surface area contributed by atoms with Crippen LogP contribution in [0.25, 0.3) is 0 Å². The topological polar surface area (TPSA) is 58.9 Å². The summed E-state index contributed by atoms with van der Waals surface area (Å²) in [5.74, 6) is 0.650. The number of hydrogen-bond acceptors (Lipinski definition) is 5. The number of para-hydroxylation sites is 1. The average molecular weight is 490 g/mol. The van der Waals surface area contributed by atoms with Gasteiger partial charge in [0.05, 0.1) is 11.5 Å². The van der Waals surface area contributed by atoms with E-state index in [2.05, 4.69) is 64.4 Å². The maximum atomic E-state index is 10.7. The molecule has 0 saturated carbocycles. The Morgan fingerprint density at radius 2 is 1.39 bits per heavy atom. The quantitative estimate of drug-likeness (QED) is 0.313. The van der Waals surface area contributed by atoms with Crippen LogP contribution in [0.15, 0.2) is 78.9 Å². The molecule has 6 nitrogen and oxygen atoms in total. The van der Waals surface area contributed by atoms with Crippen LogP contribution in [-0.2, 0) is 13.0 Å². The van der Waals surface area contributed by atoms with Crippen LogP contribution >= 0.6 is 24.8 Å². The number of hydrogen-bond donors (Lipinski definition) is 0. The molecule has 8 heteroatoms. The molecular formula is C25H29Cl2N3O3. The molecule has 0 aliphatic carbocycles. The number of nitrogens with zero attached hydrogens (tertiary/aromatic N) is 3. The second-order valence-corrected chi connectivity index (χ2v) is 7.76. The molecule has 1 saturated heterocycles. The number of nitro groups is 1. The summed E-state index contributed by atoms with van der Waals surface area (Å²) in [7, 11) is 0. The van der Waals surface area contributed by atoms with Crippen molar-refractivity contribution < 1.29 is 9.66 Å². The molecule has 0 aromatic heterocycles. The van der Waals surface area contributed by atoms with Crippen LogP contribution in [0.3, 0.4) is 0 Å². The fourth-order valence-corrected chi connectivity index (χ4v) is 3.82. The van der Waals surface area contributed by atoms with Gasteiger partial charge in [-0.2, -0.15) is 0 Å². The van der Waals surface area contributed by atoms with Crippen molar-refractivity contribution in [1.82, 2.24) is 4.90 Å². The Hall–Kier alpha value is -2.80. The number of benzene rings is 3. The van der Waals surface area contributed by atoms with E-state index in [1.54, 1.807) is 12.1 Å². The van der Waals surface area contributed by atoms with Crippen molar-refractivity contribution in [3.63, 3.8) is 0 Å². The SMILES string of the molecule is Cl.Cl.O=[N+]([O-])c1ccc(OCCc2ccc(CN3CCN(c4ccccc4)CC3)cc2)cc1. The van der Waals surface area contributed by atoms with Gasteiger partial charge in [0, 0.05) is 57.0 Å². The predicted molar refractivity (Wildman–Crippen MR) is 137 cm³/mol. The standard InChI is InChI=1S/C25H27N3O3.2ClH/c29-28(30)24-10-12-25(13-11-24)31-19-14-21-6-8-22(9-7-21)20-26-15-17-27(18-16-26)23-4-2-1-3-5-23;;/h1-13H,14-20H2;2*1H. The van der Waals surface area contributed by atoms with Crippen molar-refractivity contribution >= 4 is 36.2 Å². The van der Waals surface area contributed by atoms with Gasteiger partial charge in [0.1, 0.15) is 5.75 Å². The van der Waals surface area contributed by atoms with Crippen molar-refractivity contribution in [3.05, 3.63) is 100 Å². The van der Waals surface area contributed by atoms with E-state index >= 15 is 0 Å². The minimum Gasteiger partial charge on any atom is -0.493 e. The maximum Gasteiger partial charge on any atom is 0.269 e. The molecule has 1 aliphatic heterocycles. The lowest BCUT2D eigenvalue weighted by molar-refractivity contribution is -0.384. The Morgan fingerprint density at radius 3 is 2.00 bits per heavy atom. The summed E-state index contributed by atoms with van der Waals surface area (Å²) in [6.45, 7) is 5.77. The van der Waals surface area contributed by atoms with Crippen molar-refractivity contribution in [2.24, 2.45) is 0 Å². The van der Waals surface area contributed by atoms with E-state index in [1.165, 1.54) is 28.9 Å². The van der Waals surface area contributed by atoms with Crippen molar-refractivity contribution in [1.29, 1.82) is 0 Å². The fourth-order valence-electron chi connectivity index (χ4n) is 3.82. The first-order valence-corrected chi connectivity index (χ1v) is 10.6. The molecule has 176 valence electrons. The molecule has 0 radical (unpaired) electrons. The van der Waals surface area contributed by atoms with E-state index in [4.69, 9.17) is 4.74 Å². The van der Waals surface area contributed by atoms with Crippen LogP contribution in [-0.4, -0.2) is 42.6 Å². The van der Waals surface area contributed by atoms with Crippen LogP contribution in [0.1, 0.15) is 11.1 Å². The van der Waals surface area contributed by atoms with Gasteiger partial charge in [0.25, 0.3) is 5.69 Å². The van der Waals surface area contributed by atoms with Gasteiger partial charge in [-0.15, -0.1) is 24.8 Å². The molecule has 3 aromatic rings. The van der Waals surface area contributed by atoms with Crippen molar-refractivity contribution in [2.75, 3.05) is 37.7 Å². The van der Waals surface area contributed by atoms with E-state index in [0.29, 0.717) is 12.4 Å². The van der Waals surface area contributed by atoms with Gasteiger partial charge < -0.3 is 9.64 Å². The lowest BCUT2D eigenvalue weighted by Crippen LogP contribution is -2.45. The molecule has 0 spiro atoms. The minimum absolute atomic E-state index is 0. The number of rotatable bonds is 8.